The largest absolute Gasteiger partial charge is 0.294 e. The van der Waals surface area contributed by atoms with Gasteiger partial charge in [-0.05, 0) is 18.1 Å². The Balaban J connectivity index is 2.93. The summed E-state index contributed by atoms with van der Waals surface area (Å²) in [5, 5.41) is 0. The molecule has 16 heavy (non-hydrogen) atoms. The number of benzene rings is 1. The molecule has 0 aliphatic carbocycles. The summed E-state index contributed by atoms with van der Waals surface area (Å²) in [5.41, 5.74) is -0.114. The first kappa shape index (κ1) is 12.7. The molecule has 0 spiro atoms. The van der Waals surface area contributed by atoms with Gasteiger partial charge in [0, 0.05) is 12.0 Å². The van der Waals surface area contributed by atoms with Crippen molar-refractivity contribution < 1.29 is 18.0 Å². The summed E-state index contributed by atoms with van der Waals surface area (Å²) in [6.45, 7) is 3.79. The molecular weight excluding hydrogens is 217 g/mol. The number of ketones is 1. The van der Waals surface area contributed by atoms with Gasteiger partial charge < -0.3 is 0 Å². The van der Waals surface area contributed by atoms with E-state index in [-0.39, 0.29) is 23.7 Å². The van der Waals surface area contributed by atoms with Crippen LogP contribution in [0.4, 0.5) is 13.2 Å². The number of halogens is 3. The maximum Gasteiger partial charge on any atom is 0.194 e. The molecule has 0 saturated heterocycles. The summed E-state index contributed by atoms with van der Waals surface area (Å²) >= 11 is 0. The van der Waals surface area contributed by atoms with E-state index in [0.29, 0.717) is 0 Å². The van der Waals surface area contributed by atoms with Crippen molar-refractivity contribution in [2.75, 3.05) is 0 Å². The molecule has 1 atom stereocenters. The van der Waals surface area contributed by atoms with Crippen LogP contribution in [0.15, 0.2) is 12.1 Å². The number of Topliss-reactive ketones (excluding diaryl/α,β-unsaturated/α-hetero) is 1. The highest BCUT2D eigenvalue weighted by molar-refractivity contribution is 5.96. The van der Waals surface area contributed by atoms with Gasteiger partial charge in [-0.25, -0.2) is 13.2 Å². The lowest BCUT2D eigenvalue weighted by molar-refractivity contribution is 0.0962. The van der Waals surface area contributed by atoms with E-state index in [1.165, 1.54) is 0 Å². The molecule has 0 saturated carbocycles. The quantitative estimate of drug-likeness (QED) is 0.569. The predicted molar refractivity (Wildman–Crippen MR) is 54.7 cm³/mol. The molecule has 0 amide bonds. The molecule has 88 valence electrons. The van der Waals surface area contributed by atoms with Crippen LogP contribution in [0.3, 0.4) is 0 Å². The van der Waals surface area contributed by atoms with E-state index >= 15 is 0 Å². The average molecular weight is 230 g/mol. The molecular formula is C12H13F3O. The fourth-order valence-electron chi connectivity index (χ4n) is 1.30. The minimum Gasteiger partial charge on any atom is -0.294 e. The smallest absolute Gasteiger partial charge is 0.194 e. The van der Waals surface area contributed by atoms with Crippen LogP contribution in [0.25, 0.3) is 0 Å². The molecule has 0 fully saturated rings. The highest BCUT2D eigenvalue weighted by atomic mass is 19.2. The first-order valence-corrected chi connectivity index (χ1v) is 5.13. The Kier molecular flexibility index (Phi) is 4.10. The van der Waals surface area contributed by atoms with E-state index in [9.17, 15) is 18.0 Å². The molecule has 1 rings (SSSR count). The van der Waals surface area contributed by atoms with Crippen molar-refractivity contribution in [3.05, 3.63) is 35.1 Å². The number of carbonyl (C=O) groups excluding carboxylic acids is 1. The van der Waals surface area contributed by atoms with Crippen LogP contribution in [-0.2, 0) is 0 Å². The van der Waals surface area contributed by atoms with Crippen LogP contribution in [0.5, 0.6) is 0 Å². The SMILES string of the molecule is CCC(C)CC(=O)c1cc(F)c(F)c(F)c1. The molecule has 0 radical (unpaired) electrons. The lowest BCUT2D eigenvalue weighted by atomic mass is 9.98. The summed E-state index contributed by atoms with van der Waals surface area (Å²) < 4.78 is 38.3. The van der Waals surface area contributed by atoms with E-state index < -0.39 is 17.5 Å². The first-order chi connectivity index (χ1) is 7.45. The van der Waals surface area contributed by atoms with E-state index in [1.54, 1.807) is 0 Å². The molecule has 1 aromatic carbocycles. The number of carbonyl (C=O) groups is 1. The van der Waals surface area contributed by atoms with Gasteiger partial charge in [0.05, 0.1) is 0 Å². The lowest BCUT2D eigenvalue weighted by Crippen LogP contribution is -2.07. The van der Waals surface area contributed by atoms with Crippen LogP contribution in [0, 0.1) is 23.4 Å². The predicted octanol–water partition coefficient (Wildman–Crippen LogP) is 3.72. The minimum absolute atomic E-state index is 0.114. The monoisotopic (exact) mass is 230 g/mol. The fraction of sp³-hybridized carbons (Fsp3) is 0.417. The Labute approximate surface area is 92.3 Å². The highest BCUT2D eigenvalue weighted by Crippen LogP contribution is 2.17. The number of rotatable bonds is 4. The van der Waals surface area contributed by atoms with Crippen LogP contribution >= 0.6 is 0 Å². The standard InChI is InChI=1S/C12H13F3O/c1-3-7(2)4-11(16)8-5-9(13)12(15)10(14)6-8/h5-7H,3-4H2,1-2H3. The van der Waals surface area contributed by atoms with Gasteiger partial charge in [-0.2, -0.15) is 0 Å². The molecule has 0 heterocycles. The van der Waals surface area contributed by atoms with Crippen molar-refractivity contribution in [1.82, 2.24) is 0 Å². The summed E-state index contributed by atoms with van der Waals surface area (Å²) in [4.78, 5) is 11.6. The minimum atomic E-state index is -1.54. The van der Waals surface area contributed by atoms with Crippen LogP contribution < -0.4 is 0 Å². The Morgan fingerprint density at radius 2 is 1.75 bits per heavy atom. The molecule has 0 aliphatic rings. The van der Waals surface area contributed by atoms with Crippen molar-refractivity contribution >= 4 is 5.78 Å². The summed E-state index contributed by atoms with van der Waals surface area (Å²) in [5.74, 6) is -4.42. The Morgan fingerprint density at radius 1 is 1.25 bits per heavy atom. The molecule has 0 aromatic heterocycles. The Morgan fingerprint density at radius 3 is 2.19 bits per heavy atom. The maximum atomic E-state index is 12.9. The van der Waals surface area contributed by atoms with E-state index in [4.69, 9.17) is 0 Å². The second-order valence-electron chi connectivity index (χ2n) is 3.89. The van der Waals surface area contributed by atoms with Crippen LogP contribution in [-0.4, -0.2) is 5.78 Å². The third-order valence-corrected chi connectivity index (χ3v) is 2.54. The zero-order valence-electron chi connectivity index (χ0n) is 9.19. The van der Waals surface area contributed by atoms with Gasteiger partial charge in [0.25, 0.3) is 0 Å². The van der Waals surface area contributed by atoms with Crippen LogP contribution in [0.1, 0.15) is 37.0 Å². The summed E-state index contributed by atoms with van der Waals surface area (Å²) in [6, 6.07) is 1.48. The van der Waals surface area contributed by atoms with E-state index in [2.05, 4.69) is 0 Å². The van der Waals surface area contributed by atoms with Gasteiger partial charge >= 0.3 is 0 Å². The van der Waals surface area contributed by atoms with Gasteiger partial charge in [0.15, 0.2) is 23.2 Å². The second kappa shape index (κ2) is 5.14. The maximum absolute atomic E-state index is 12.9. The van der Waals surface area contributed by atoms with E-state index in [1.807, 2.05) is 13.8 Å². The molecule has 0 aliphatic heterocycles. The number of hydrogen-bond acceptors (Lipinski definition) is 1. The second-order valence-corrected chi connectivity index (χ2v) is 3.89. The first-order valence-electron chi connectivity index (χ1n) is 5.13. The van der Waals surface area contributed by atoms with Gasteiger partial charge in [-0.15, -0.1) is 0 Å². The molecule has 0 N–H and O–H groups in total. The summed E-state index contributed by atoms with van der Waals surface area (Å²) in [6.07, 6.45) is 1.01. The normalized spacial score (nSPS) is 12.6. The van der Waals surface area contributed by atoms with E-state index in [0.717, 1.165) is 18.6 Å². The third-order valence-electron chi connectivity index (χ3n) is 2.54. The third kappa shape index (κ3) is 2.84. The molecule has 1 aromatic rings. The molecule has 4 heteroatoms. The van der Waals surface area contributed by atoms with Crippen molar-refractivity contribution in [1.29, 1.82) is 0 Å². The van der Waals surface area contributed by atoms with Gasteiger partial charge in [-0.1, -0.05) is 20.3 Å². The zero-order valence-corrected chi connectivity index (χ0v) is 9.19. The molecule has 0 bridgehead atoms. The highest BCUT2D eigenvalue weighted by Gasteiger charge is 2.16. The summed E-state index contributed by atoms with van der Waals surface area (Å²) in [7, 11) is 0. The van der Waals surface area contributed by atoms with Gasteiger partial charge in [-0.3, -0.25) is 4.79 Å². The van der Waals surface area contributed by atoms with Gasteiger partial charge in [0.2, 0.25) is 0 Å². The lowest BCUT2D eigenvalue weighted by Gasteiger charge is -2.07. The molecule has 1 unspecified atom stereocenters. The number of hydrogen-bond donors (Lipinski definition) is 0. The van der Waals surface area contributed by atoms with Crippen molar-refractivity contribution in [2.45, 2.75) is 26.7 Å². The van der Waals surface area contributed by atoms with Crippen molar-refractivity contribution in [2.24, 2.45) is 5.92 Å². The Hall–Kier alpha value is -1.32. The Bertz CT molecular complexity index is 378. The average Bonchev–Trinajstić information content (AvgIpc) is 2.24. The zero-order chi connectivity index (χ0) is 12.3. The van der Waals surface area contributed by atoms with Crippen LogP contribution in [0.2, 0.25) is 0 Å². The topological polar surface area (TPSA) is 17.1 Å². The fourth-order valence-corrected chi connectivity index (χ4v) is 1.30. The molecule has 1 nitrogen and oxygen atoms in total. The van der Waals surface area contributed by atoms with Crippen molar-refractivity contribution in [3.8, 4) is 0 Å². The van der Waals surface area contributed by atoms with Crippen molar-refractivity contribution in [3.63, 3.8) is 0 Å². The van der Waals surface area contributed by atoms with Gasteiger partial charge in [0.1, 0.15) is 0 Å².